The number of amides is 1. The van der Waals surface area contributed by atoms with Crippen molar-refractivity contribution in [2.75, 3.05) is 11.9 Å². The van der Waals surface area contributed by atoms with E-state index in [1.54, 1.807) is 28.9 Å². The fraction of sp³-hybridized carbons (Fsp3) is 0.474. The number of carbonyl (C=O) groups excluding carboxylic acids is 1. The van der Waals surface area contributed by atoms with Gasteiger partial charge in [0.1, 0.15) is 11.5 Å². The van der Waals surface area contributed by atoms with E-state index < -0.39 is 5.60 Å². The Labute approximate surface area is 148 Å². The lowest BCUT2D eigenvalue weighted by atomic mass is 9.86. The molecule has 1 aliphatic rings. The Balaban J connectivity index is 1.97. The normalized spacial score (nSPS) is 19.3. The molecule has 1 atom stereocenters. The van der Waals surface area contributed by atoms with Crippen LogP contribution in [0.4, 0.5) is 5.82 Å². The molecule has 0 saturated carbocycles. The van der Waals surface area contributed by atoms with E-state index in [0.717, 1.165) is 28.0 Å². The smallest absolute Gasteiger partial charge is 0.271 e. The maximum Gasteiger partial charge on any atom is 0.271 e. The molecule has 0 saturated heterocycles. The van der Waals surface area contributed by atoms with E-state index >= 15 is 0 Å². The fourth-order valence-corrected chi connectivity index (χ4v) is 3.44. The molecule has 0 bridgehead atoms. The molecule has 0 spiro atoms. The summed E-state index contributed by atoms with van der Waals surface area (Å²) in [5.41, 5.74) is 2.56. The minimum Gasteiger partial charge on any atom is -0.507 e. The van der Waals surface area contributed by atoms with E-state index in [-0.39, 0.29) is 5.91 Å². The van der Waals surface area contributed by atoms with E-state index in [4.69, 9.17) is 4.74 Å². The largest absolute Gasteiger partial charge is 0.507 e. The molecule has 6 nitrogen and oxygen atoms in total. The monoisotopic (exact) mass is 343 g/mol. The molecule has 0 radical (unpaired) electrons. The molecule has 1 aromatic heterocycles. The van der Waals surface area contributed by atoms with Crippen LogP contribution in [0, 0.1) is 20.8 Å². The molecule has 1 amide bonds. The van der Waals surface area contributed by atoms with Crippen LogP contribution < -0.4 is 9.64 Å². The zero-order valence-electron chi connectivity index (χ0n) is 15.7. The number of fused-ring (bicyclic) bond motifs is 1. The Bertz CT molecular complexity index is 856. The molecule has 1 N–H and O–H groups in total. The molecule has 0 fully saturated rings. The number of phenols is 1. The summed E-state index contributed by atoms with van der Waals surface area (Å²) in [6.45, 7) is 7.52. The molecule has 6 heteroatoms. The molecule has 2 aromatic rings. The Morgan fingerprint density at radius 1 is 1.32 bits per heavy atom. The van der Waals surface area contributed by atoms with Crippen LogP contribution in [0.25, 0.3) is 0 Å². The number of carbonyl (C=O) groups is 1. The zero-order chi connectivity index (χ0) is 18.5. The van der Waals surface area contributed by atoms with Gasteiger partial charge in [-0.3, -0.25) is 14.4 Å². The van der Waals surface area contributed by atoms with Crippen LogP contribution in [0.15, 0.2) is 12.3 Å². The summed E-state index contributed by atoms with van der Waals surface area (Å²) in [7, 11) is 3.53. The van der Waals surface area contributed by atoms with Crippen molar-refractivity contribution in [2.24, 2.45) is 7.05 Å². The third kappa shape index (κ3) is 2.65. The second-order valence-corrected chi connectivity index (χ2v) is 7.08. The topological polar surface area (TPSA) is 67.6 Å². The Kier molecular flexibility index (Phi) is 4.01. The van der Waals surface area contributed by atoms with Crippen LogP contribution in [0.5, 0.6) is 11.5 Å². The summed E-state index contributed by atoms with van der Waals surface area (Å²) in [5.74, 6) is 1.52. The highest BCUT2D eigenvalue weighted by atomic mass is 16.5. The first-order chi connectivity index (χ1) is 11.7. The van der Waals surface area contributed by atoms with Gasteiger partial charge in [0.15, 0.2) is 11.4 Å². The quantitative estimate of drug-likeness (QED) is 0.910. The number of ether oxygens (including phenoxy) is 1. The van der Waals surface area contributed by atoms with Gasteiger partial charge in [-0.25, -0.2) is 0 Å². The molecule has 0 aliphatic carbocycles. The Hall–Kier alpha value is -2.50. The third-order valence-corrected chi connectivity index (χ3v) is 5.32. The second-order valence-electron chi connectivity index (χ2n) is 7.08. The van der Waals surface area contributed by atoms with Gasteiger partial charge in [0.2, 0.25) is 0 Å². The predicted molar refractivity (Wildman–Crippen MR) is 96.3 cm³/mol. The number of nitrogens with zero attached hydrogens (tertiary/aromatic N) is 3. The number of hydrogen-bond acceptors (Lipinski definition) is 4. The van der Waals surface area contributed by atoms with E-state index in [2.05, 4.69) is 5.10 Å². The molecule has 1 unspecified atom stereocenters. The zero-order valence-corrected chi connectivity index (χ0v) is 15.7. The highest BCUT2D eigenvalue weighted by Gasteiger charge is 2.43. The summed E-state index contributed by atoms with van der Waals surface area (Å²) in [6, 6.07) is 1.80. The lowest BCUT2D eigenvalue weighted by molar-refractivity contribution is -0.133. The highest BCUT2D eigenvalue weighted by molar-refractivity contribution is 5.98. The van der Waals surface area contributed by atoms with Crippen LogP contribution in [0.2, 0.25) is 0 Å². The molecule has 3 rings (SSSR count). The van der Waals surface area contributed by atoms with E-state index in [1.165, 1.54) is 0 Å². The molecule has 2 heterocycles. The molecule has 25 heavy (non-hydrogen) atoms. The third-order valence-electron chi connectivity index (χ3n) is 5.32. The first-order valence-corrected chi connectivity index (χ1v) is 8.44. The number of rotatable bonds is 2. The standard InChI is InChI=1S/C19H25N3O3/c1-11-12(2)17-14(13(3)16(11)23)7-9-19(4,25-17)18(24)22(6)15-8-10-21(5)20-15/h8,10,23H,7,9H2,1-6H3. The Morgan fingerprint density at radius 3 is 2.60 bits per heavy atom. The van der Waals surface area contributed by atoms with Crippen molar-refractivity contribution in [2.45, 2.75) is 46.1 Å². The number of benzene rings is 1. The number of likely N-dealkylation sites (N-methyl/N-ethyl adjacent to an activating group) is 1. The van der Waals surface area contributed by atoms with E-state index in [9.17, 15) is 9.90 Å². The van der Waals surface area contributed by atoms with Gasteiger partial charge in [0, 0.05) is 38.3 Å². The van der Waals surface area contributed by atoms with Gasteiger partial charge in [0.25, 0.3) is 5.91 Å². The van der Waals surface area contributed by atoms with Gasteiger partial charge < -0.3 is 9.84 Å². The van der Waals surface area contributed by atoms with Gasteiger partial charge in [-0.05, 0) is 50.8 Å². The number of phenolic OH excluding ortho intramolecular Hbond substituents is 1. The van der Waals surface area contributed by atoms with Gasteiger partial charge in [-0.15, -0.1) is 0 Å². The van der Waals surface area contributed by atoms with Crippen molar-refractivity contribution in [3.8, 4) is 11.5 Å². The van der Waals surface area contributed by atoms with Gasteiger partial charge in [-0.1, -0.05) is 0 Å². The molecule has 134 valence electrons. The summed E-state index contributed by atoms with van der Waals surface area (Å²) in [5, 5.41) is 14.6. The van der Waals surface area contributed by atoms with Crippen molar-refractivity contribution < 1.29 is 14.6 Å². The minimum atomic E-state index is -0.958. The number of anilines is 1. The summed E-state index contributed by atoms with van der Waals surface area (Å²) >= 11 is 0. The number of aromatic hydroxyl groups is 1. The first-order valence-electron chi connectivity index (χ1n) is 8.44. The van der Waals surface area contributed by atoms with Crippen molar-refractivity contribution in [3.05, 3.63) is 34.5 Å². The van der Waals surface area contributed by atoms with Gasteiger partial charge >= 0.3 is 0 Å². The van der Waals surface area contributed by atoms with Gasteiger partial charge in [0.05, 0.1) is 0 Å². The van der Waals surface area contributed by atoms with E-state index in [0.29, 0.717) is 24.4 Å². The van der Waals surface area contributed by atoms with Crippen molar-refractivity contribution in [3.63, 3.8) is 0 Å². The summed E-state index contributed by atoms with van der Waals surface area (Å²) in [4.78, 5) is 14.6. The van der Waals surface area contributed by atoms with Gasteiger partial charge in [-0.2, -0.15) is 5.10 Å². The molecule has 1 aliphatic heterocycles. The average Bonchev–Trinajstić information content (AvgIpc) is 3.03. The lowest BCUT2D eigenvalue weighted by Crippen LogP contribution is -2.52. The Morgan fingerprint density at radius 2 is 2.00 bits per heavy atom. The highest BCUT2D eigenvalue weighted by Crippen LogP contribution is 2.43. The molecular formula is C19H25N3O3. The molecular weight excluding hydrogens is 318 g/mol. The maximum absolute atomic E-state index is 13.1. The van der Waals surface area contributed by atoms with Crippen LogP contribution >= 0.6 is 0 Å². The lowest BCUT2D eigenvalue weighted by Gasteiger charge is -2.38. The second kappa shape index (κ2) is 5.79. The average molecular weight is 343 g/mol. The summed E-state index contributed by atoms with van der Waals surface area (Å²) < 4.78 is 7.91. The first kappa shape index (κ1) is 17.3. The van der Waals surface area contributed by atoms with Crippen LogP contribution in [0.1, 0.15) is 35.6 Å². The minimum absolute atomic E-state index is 0.125. The van der Waals surface area contributed by atoms with Crippen molar-refractivity contribution in [1.29, 1.82) is 0 Å². The maximum atomic E-state index is 13.1. The fourth-order valence-electron chi connectivity index (χ4n) is 3.44. The number of aromatic nitrogens is 2. The van der Waals surface area contributed by atoms with Crippen LogP contribution in [-0.2, 0) is 18.3 Å². The van der Waals surface area contributed by atoms with Crippen LogP contribution in [-0.4, -0.2) is 33.4 Å². The number of hydrogen-bond donors (Lipinski definition) is 1. The summed E-state index contributed by atoms with van der Waals surface area (Å²) in [6.07, 6.45) is 3.05. The SMILES string of the molecule is Cc1c(C)c2c(c(C)c1O)CCC(C)(C(=O)N(C)c1ccn(C)n1)O2. The molecule has 1 aromatic carbocycles. The number of aryl methyl sites for hydroxylation is 1. The van der Waals surface area contributed by atoms with Crippen molar-refractivity contribution >= 4 is 11.7 Å². The van der Waals surface area contributed by atoms with E-state index in [1.807, 2.05) is 34.7 Å². The predicted octanol–water partition coefficient (Wildman–Crippen LogP) is 2.80. The van der Waals surface area contributed by atoms with Crippen LogP contribution in [0.3, 0.4) is 0 Å². The van der Waals surface area contributed by atoms with Crippen molar-refractivity contribution in [1.82, 2.24) is 9.78 Å².